The maximum Gasteiger partial charge on any atom is 0.0703 e. The molecule has 0 atom stereocenters. The topological polar surface area (TPSA) is 30.5 Å². The molecule has 0 heterocycles. The molecule has 3 nitrogen and oxygen atoms in total. The molecule has 0 amide bonds. The van der Waals surface area contributed by atoms with E-state index in [-0.39, 0.29) is 0 Å². The van der Waals surface area contributed by atoms with Gasteiger partial charge in [0.25, 0.3) is 0 Å². The van der Waals surface area contributed by atoms with Crippen LogP contribution in [-0.4, -0.2) is 38.5 Å². The van der Waals surface area contributed by atoms with Crippen LogP contribution in [0.3, 0.4) is 0 Å². The number of hydrogen-bond donors (Lipinski definition) is 1. The van der Waals surface area contributed by atoms with Crippen molar-refractivity contribution in [3.05, 3.63) is 0 Å². The first-order valence-corrected chi connectivity index (χ1v) is 5.72. The van der Waals surface area contributed by atoms with Crippen LogP contribution in [0.15, 0.2) is 0 Å². The van der Waals surface area contributed by atoms with Gasteiger partial charge in [-0.15, -0.1) is 0 Å². The van der Waals surface area contributed by atoms with E-state index >= 15 is 0 Å². The molecule has 1 rings (SSSR count). The highest BCUT2D eigenvalue weighted by atomic mass is 16.5. The molecule has 0 spiro atoms. The molecule has 0 bridgehead atoms. The molecule has 1 aliphatic carbocycles. The lowest BCUT2D eigenvalue weighted by Crippen LogP contribution is -2.19. The highest BCUT2D eigenvalue weighted by molar-refractivity contribution is 4.80. The lowest BCUT2D eigenvalue weighted by atomic mass is 10.4. The predicted octanol–water partition coefficient (Wildman–Crippen LogP) is 1.57. The average molecular weight is 201 g/mol. The van der Waals surface area contributed by atoms with Crippen LogP contribution in [0.1, 0.15) is 33.1 Å². The third-order valence-electron chi connectivity index (χ3n) is 2.15. The molecule has 1 aliphatic rings. The average Bonchev–Trinajstić information content (AvgIpc) is 2.92. The second kappa shape index (κ2) is 7.21. The molecular weight excluding hydrogens is 178 g/mol. The van der Waals surface area contributed by atoms with Crippen LogP contribution in [0.5, 0.6) is 0 Å². The Labute approximate surface area is 87.2 Å². The molecule has 14 heavy (non-hydrogen) atoms. The molecular formula is C11H23NO2. The van der Waals surface area contributed by atoms with Gasteiger partial charge in [0.15, 0.2) is 0 Å². The van der Waals surface area contributed by atoms with E-state index in [1.807, 2.05) is 13.8 Å². The zero-order valence-corrected chi connectivity index (χ0v) is 9.42. The van der Waals surface area contributed by atoms with E-state index in [2.05, 4.69) is 5.32 Å². The van der Waals surface area contributed by atoms with Crippen molar-refractivity contribution in [1.82, 2.24) is 5.32 Å². The van der Waals surface area contributed by atoms with Gasteiger partial charge in [0.05, 0.1) is 19.3 Å². The van der Waals surface area contributed by atoms with Crippen molar-refractivity contribution in [2.45, 2.75) is 45.3 Å². The van der Waals surface area contributed by atoms with E-state index in [4.69, 9.17) is 9.47 Å². The summed E-state index contributed by atoms with van der Waals surface area (Å²) in [5.74, 6) is 0. The zero-order chi connectivity index (χ0) is 10.2. The third-order valence-corrected chi connectivity index (χ3v) is 2.15. The van der Waals surface area contributed by atoms with E-state index in [0.717, 1.165) is 32.2 Å². The molecule has 0 aromatic rings. The first-order valence-electron chi connectivity index (χ1n) is 5.72. The standard InChI is InChI=1S/C11H23NO2/c1-10(2)14-9-8-13-7-3-6-12-11-4-5-11/h10-12H,3-9H2,1-2H3. The minimum atomic E-state index is 0.315. The maximum atomic E-state index is 5.42. The Bertz CT molecular complexity index is 127. The molecule has 0 aromatic heterocycles. The maximum absolute atomic E-state index is 5.42. The third kappa shape index (κ3) is 7.30. The van der Waals surface area contributed by atoms with Gasteiger partial charge in [-0.25, -0.2) is 0 Å². The molecule has 1 saturated carbocycles. The van der Waals surface area contributed by atoms with Crippen LogP contribution in [0.25, 0.3) is 0 Å². The minimum Gasteiger partial charge on any atom is -0.379 e. The van der Waals surface area contributed by atoms with Crippen LogP contribution in [-0.2, 0) is 9.47 Å². The number of ether oxygens (including phenoxy) is 2. The van der Waals surface area contributed by atoms with Crippen LogP contribution in [0, 0.1) is 0 Å². The van der Waals surface area contributed by atoms with Crippen molar-refractivity contribution in [2.75, 3.05) is 26.4 Å². The van der Waals surface area contributed by atoms with Crippen molar-refractivity contribution in [1.29, 1.82) is 0 Å². The molecule has 0 aromatic carbocycles. The summed E-state index contributed by atoms with van der Waals surface area (Å²) < 4.78 is 10.8. The Hall–Kier alpha value is -0.120. The highest BCUT2D eigenvalue weighted by Gasteiger charge is 2.19. The number of rotatable bonds is 9. The molecule has 0 unspecified atom stereocenters. The molecule has 1 N–H and O–H groups in total. The predicted molar refractivity (Wildman–Crippen MR) is 57.5 cm³/mol. The summed E-state index contributed by atoms with van der Waals surface area (Å²) in [6.45, 7) is 7.46. The van der Waals surface area contributed by atoms with Gasteiger partial charge in [-0.05, 0) is 39.7 Å². The van der Waals surface area contributed by atoms with Crippen molar-refractivity contribution >= 4 is 0 Å². The van der Waals surface area contributed by atoms with Gasteiger partial charge in [-0.2, -0.15) is 0 Å². The lowest BCUT2D eigenvalue weighted by molar-refractivity contribution is 0.0191. The summed E-state index contributed by atoms with van der Waals surface area (Å²) in [5.41, 5.74) is 0. The molecule has 3 heteroatoms. The van der Waals surface area contributed by atoms with Crippen LogP contribution >= 0.6 is 0 Å². The minimum absolute atomic E-state index is 0.315. The van der Waals surface area contributed by atoms with Crippen molar-refractivity contribution in [2.24, 2.45) is 0 Å². The van der Waals surface area contributed by atoms with Gasteiger partial charge < -0.3 is 14.8 Å². The summed E-state index contributed by atoms with van der Waals surface area (Å²) in [5, 5.41) is 3.45. The van der Waals surface area contributed by atoms with Crippen molar-refractivity contribution < 1.29 is 9.47 Å². The molecule has 0 aliphatic heterocycles. The first-order chi connectivity index (χ1) is 6.79. The fraction of sp³-hybridized carbons (Fsp3) is 1.00. The molecule has 0 radical (unpaired) electrons. The summed E-state index contributed by atoms with van der Waals surface area (Å²) >= 11 is 0. The van der Waals surface area contributed by atoms with Gasteiger partial charge in [0.2, 0.25) is 0 Å². The fourth-order valence-electron chi connectivity index (χ4n) is 1.21. The summed E-state index contributed by atoms with van der Waals surface area (Å²) in [7, 11) is 0. The summed E-state index contributed by atoms with van der Waals surface area (Å²) in [4.78, 5) is 0. The fourth-order valence-corrected chi connectivity index (χ4v) is 1.21. The van der Waals surface area contributed by atoms with Crippen LogP contribution in [0.2, 0.25) is 0 Å². The number of nitrogens with one attached hydrogen (secondary N) is 1. The van der Waals surface area contributed by atoms with Crippen LogP contribution < -0.4 is 5.32 Å². The van der Waals surface area contributed by atoms with Gasteiger partial charge in [0, 0.05) is 12.6 Å². The monoisotopic (exact) mass is 201 g/mol. The van der Waals surface area contributed by atoms with Gasteiger partial charge in [0.1, 0.15) is 0 Å². The van der Waals surface area contributed by atoms with Gasteiger partial charge >= 0.3 is 0 Å². The van der Waals surface area contributed by atoms with Gasteiger partial charge in [-0.3, -0.25) is 0 Å². The van der Waals surface area contributed by atoms with Crippen molar-refractivity contribution in [3.8, 4) is 0 Å². The summed E-state index contributed by atoms with van der Waals surface area (Å²) in [6.07, 6.45) is 4.15. The normalized spacial score (nSPS) is 16.5. The smallest absolute Gasteiger partial charge is 0.0703 e. The second-order valence-corrected chi connectivity index (χ2v) is 4.11. The lowest BCUT2D eigenvalue weighted by Gasteiger charge is -2.08. The molecule has 1 fully saturated rings. The second-order valence-electron chi connectivity index (χ2n) is 4.11. The molecule has 84 valence electrons. The summed E-state index contributed by atoms with van der Waals surface area (Å²) in [6, 6.07) is 0.819. The number of hydrogen-bond acceptors (Lipinski definition) is 3. The Kier molecular flexibility index (Phi) is 6.15. The highest BCUT2D eigenvalue weighted by Crippen LogP contribution is 2.18. The van der Waals surface area contributed by atoms with E-state index < -0.39 is 0 Å². The SMILES string of the molecule is CC(C)OCCOCCCNC1CC1. The Morgan fingerprint density at radius 3 is 2.64 bits per heavy atom. The van der Waals surface area contributed by atoms with Crippen LogP contribution in [0.4, 0.5) is 0 Å². The quantitative estimate of drug-likeness (QED) is 0.574. The van der Waals surface area contributed by atoms with E-state index in [0.29, 0.717) is 12.7 Å². The van der Waals surface area contributed by atoms with E-state index in [9.17, 15) is 0 Å². The zero-order valence-electron chi connectivity index (χ0n) is 9.42. The van der Waals surface area contributed by atoms with E-state index in [1.165, 1.54) is 12.8 Å². The van der Waals surface area contributed by atoms with Crippen molar-refractivity contribution in [3.63, 3.8) is 0 Å². The first kappa shape index (κ1) is 12.0. The Morgan fingerprint density at radius 2 is 2.00 bits per heavy atom. The Balaban J connectivity index is 1.66. The van der Waals surface area contributed by atoms with Gasteiger partial charge in [-0.1, -0.05) is 0 Å². The van der Waals surface area contributed by atoms with E-state index in [1.54, 1.807) is 0 Å². The molecule has 0 saturated heterocycles. The largest absolute Gasteiger partial charge is 0.379 e. The Morgan fingerprint density at radius 1 is 1.21 bits per heavy atom.